The Labute approximate surface area is 186 Å². The van der Waals surface area contributed by atoms with Crippen LogP contribution >= 0.6 is 0 Å². The maximum Gasteiger partial charge on any atom is 0.181 e. The molecular formula is C28H22N2O2. The molecule has 32 heavy (non-hydrogen) atoms. The van der Waals surface area contributed by atoms with Gasteiger partial charge in [0, 0.05) is 0 Å². The molecule has 0 aliphatic carbocycles. The third-order valence-electron chi connectivity index (χ3n) is 4.54. The zero-order valence-corrected chi connectivity index (χ0v) is 17.4. The van der Waals surface area contributed by atoms with Crippen molar-refractivity contribution >= 4 is 34.4 Å². The number of para-hydroxylation sites is 4. The van der Waals surface area contributed by atoms with Crippen molar-refractivity contribution in [3.8, 4) is 0 Å². The lowest BCUT2D eigenvalue weighted by Gasteiger charge is -1.92. The quantitative estimate of drug-likeness (QED) is 0.273. The average molecular weight is 418 g/mol. The maximum atomic E-state index is 5.01. The number of hydrogen-bond donors (Lipinski definition) is 0. The van der Waals surface area contributed by atoms with Crippen LogP contribution in [0.5, 0.6) is 0 Å². The van der Waals surface area contributed by atoms with Crippen LogP contribution in [0.1, 0.15) is 11.1 Å². The van der Waals surface area contributed by atoms with E-state index in [2.05, 4.69) is 46.4 Å². The Hall–Kier alpha value is -4.44. The summed E-state index contributed by atoms with van der Waals surface area (Å²) < 4.78 is 10.0. The Morgan fingerprint density at radius 2 is 0.812 bits per heavy atom. The highest BCUT2D eigenvalue weighted by molar-refractivity contribution is 5.72. The fourth-order valence-corrected chi connectivity index (χ4v) is 2.93. The van der Waals surface area contributed by atoms with E-state index in [0.29, 0.717) is 0 Å². The predicted octanol–water partition coefficient (Wildman–Crippen LogP) is 7.51. The van der Waals surface area contributed by atoms with Crippen LogP contribution < -0.4 is 0 Å². The Balaban J connectivity index is 0.000000119. The molecule has 0 fully saturated rings. The summed E-state index contributed by atoms with van der Waals surface area (Å²) in [5.74, 6) is 0. The van der Waals surface area contributed by atoms with E-state index in [1.165, 1.54) is 23.9 Å². The number of oxazole rings is 2. The van der Waals surface area contributed by atoms with E-state index < -0.39 is 0 Å². The van der Waals surface area contributed by atoms with Crippen LogP contribution in [0.15, 0.2) is 131 Å². The molecule has 0 N–H and O–H groups in total. The molecule has 2 heterocycles. The molecule has 0 bridgehead atoms. The SMILES string of the molecule is C(=C\c1ccccc1)/c1ccccc1.c1ccc2ocnc2c1.c1ccc2ocnc2c1. The Bertz CT molecular complexity index is 1200. The second kappa shape index (κ2) is 11.1. The smallest absolute Gasteiger partial charge is 0.181 e. The highest BCUT2D eigenvalue weighted by Crippen LogP contribution is 2.10. The molecule has 0 saturated carbocycles. The minimum Gasteiger partial charge on any atom is -0.443 e. The van der Waals surface area contributed by atoms with Crippen LogP contribution in [0, 0.1) is 0 Å². The highest BCUT2D eigenvalue weighted by atomic mass is 16.3. The summed E-state index contributed by atoms with van der Waals surface area (Å²) in [6, 6.07) is 36.0. The molecule has 0 aliphatic rings. The Morgan fingerprint density at radius 3 is 1.22 bits per heavy atom. The van der Waals surface area contributed by atoms with Crippen LogP contribution in [0.3, 0.4) is 0 Å². The summed E-state index contributed by atoms with van der Waals surface area (Å²) in [6.45, 7) is 0. The zero-order chi connectivity index (χ0) is 21.8. The van der Waals surface area contributed by atoms with E-state index >= 15 is 0 Å². The summed E-state index contributed by atoms with van der Waals surface area (Å²) in [7, 11) is 0. The molecule has 0 amide bonds. The van der Waals surface area contributed by atoms with Crippen LogP contribution in [-0.2, 0) is 0 Å². The van der Waals surface area contributed by atoms with Gasteiger partial charge in [-0.3, -0.25) is 0 Å². The molecule has 0 radical (unpaired) electrons. The first-order valence-corrected chi connectivity index (χ1v) is 10.2. The number of hydrogen-bond acceptors (Lipinski definition) is 4. The van der Waals surface area contributed by atoms with Gasteiger partial charge in [-0.15, -0.1) is 0 Å². The lowest BCUT2D eigenvalue weighted by molar-refractivity contribution is 0.602. The molecule has 0 saturated heterocycles. The van der Waals surface area contributed by atoms with E-state index in [1.807, 2.05) is 84.9 Å². The lowest BCUT2D eigenvalue weighted by atomic mass is 10.1. The molecular weight excluding hydrogens is 396 g/mol. The highest BCUT2D eigenvalue weighted by Gasteiger charge is 1.92. The third-order valence-corrected chi connectivity index (χ3v) is 4.54. The second-order valence-corrected chi connectivity index (χ2v) is 6.79. The molecule has 4 nitrogen and oxygen atoms in total. The summed E-state index contributed by atoms with van der Waals surface area (Å²) in [4.78, 5) is 7.90. The maximum absolute atomic E-state index is 5.01. The van der Waals surface area contributed by atoms with Crippen LogP contribution in [-0.4, -0.2) is 9.97 Å². The standard InChI is InChI=1S/C14H12.2C7H5NO/c1-3-7-13(8-4-1)11-12-14-9-5-2-6-10-14;2*1-2-4-7-6(3-1)8-5-9-7/h1-12H;2*1-5H/b12-11+;;. The van der Waals surface area contributed by atoms with Gasteiger partial charge in [-0.2, -0.15) is 0 Å². The molecule has 0 atom stereocenters. The van der Waals surface area contributed by atoms with Gasteiger partial charge in [0.1, 0.15) is 11.0 Å². The van der Waals surface area contributed by atoms with Crippen molar-refractivity contribution in [1.29, 1.82) is 0 Å². The van der Waals surface area contributed by atoms with Crippen molar-refractivity contribution in [2.75, 3.05) is 0 Å². The second-order valence-electron chi connectivity index (χ2n) is 6.79. The van der Waals surface area contributed by atoms with Crippen molar-refractivity contribution in [2.45, 2.75) is 0 Å². The van der Waals surface area contributed by atoms with Gasteiger partial charge in [-0.05, 0) is 35.4 Å². The van der Waals surface area contributed by atoms with Gasteiger partial charge in [0.2, 0.25) is 0 Å². The van der Waals surface area contributed by atoms with E-state index in [1.54, 1.807) is 0 Å². The first kappa shape index (κ1) is 20.8. The molecule has 6 aromatic rings. The van der Waals surface area contributed by atoms with Gasteiger partial charge in [0.25, 0.3) is 0 Å². The Kier molecular flexibility index (Phi) is 7.21. The molecule has 2 aromatic heterocycles. The largest absolute Gasteiger partial charge is 0.443 e. The fourth-order valence-electron chi connectivity index (χ4n) is 2.93. The molecule has 4 heteroatoms. The van der Waals surface area contributed by atoms with Gasteiger partial charge in [-0.1, -0.05) is 97.1 Å². The summed E-state index contributed by atoms with van der Waals surface area (Å²) in [6.07, 6.45) is 7.14. The van der Waals surface area contributed by atoms with E-state index in [9.17, 15) is 0 Å². The predicted molar refractivity (Wildman–Crippen MR) is 130 cm³/mol. The number of rotatable bonds is 2. The minimum atomic E-state index is 0.845. The molecule has 156 valence electrons. The number of nitrogens with zero attached hydrogens (tertiary/aromatic N) is 2. The molecule has 4 aromatic carbocycles. The topological polar surface area (TPSA) is 52.1 Å². The summed E-state index contributed by atoms with van der Waals surface area (Å²) in [5, 5.41) is 0. The normalized spacial score (nSPS) is 10.4. The van der Waals surface area contributed by atoms with E-state index in [4.69, 9.17) is 8.83 Å². The first-order chi connectivity index (χ1) is 15.9. The fraction of sp³-hybridized carbons (Fsp3) is 0. The first-order valence-electron chi connectivity index (χ1n) is 10.2. The zero-order valence-electron chi connectivity index (χ0n) is 17.4. The monoisotopic (exact) mass is 418 g/mol. The van der Waals surface area contributed by atoms with Gasteiger partial charge in [0.15, 0.2) is 24.0 Å². The molecule has 0 unspecified atom stereocenters. The van der Waals surface area contributed by atoms with Crippen LogP contribution in [0.4, 0.5) is 0 Å². The van der Waals surface area contributed by atoms with Gasteiger partial charge >= 0.3 is 0 Å². The average Bonchev–Trinajstić information content (AvgIpc) is 3.54. The summed E-state index contributed by atoms with van der Waals surface area (Å²) in [5.41, 5.74) is 5.98. The van der Waals surface area contributed by atoms with E-state index in [-0.39, 0.29) is 0 Å². The minimum absolute atomic E-state index is 0.845. The van der Waals surface area contributed by atoms with Gasteiger partial charge in [-0.25, -0.2) is 9.97 Å². The van der Waals surface area contributed by atoms with Crippen molar-refractivity contribution in [2.24, 2.45) is 0 Å². The van der Waals surface area contributed by atoms with E-state index in [0.717, 1.165) is 22.2 Å². The van der Waals surface area contributed by atoms with Crippen molar-refractivity contribution in [1.82, 2.24) is 9.97 Å². The van der Waals surface area contributed by atoms with Crippen LogP contribution in [0.2, 0.25) is 0 Å². The van der Waals surface area contributed by atoms with Crippen molar-refractivity contribution in [3.63, 3.8) is 0 Å². The van der Waals surface area contributed by atoms with Gasteiger partial charge in [0.05, 0.1) is 0 Å². The molecule has 0 spiro atoms. The molecule has 6 rings (SSSR count). The Morgan fingerprint density at radius 1 is 0.438 bits per heavy atom. The van der Waals surface area contributed by atoms with Crippen LogP contribution in [0.25, 0.3) is 34.4 Å². The van der Waals surface area contributed by atoms with Crippen molar-refractivity contribution < 1.29 is 8.83 Å². The summed E-state index contributed by atoms with van der Waals surface area (Å²) >= 11 is 0. The molecule has 0 aliphatic heterocycles. The number of aromatic nitrogens is 2. The van der Waals surface area contributed by atoms with Crippen molar-refractivity contribution in [3.05, 3.63) is 133 Å². The number of benzene rings is 4. The number of fused-ring (bicyclic) bond motifs is 2. The lowest BCUT2D eigenvalue weighted by Crippen LogP contribution is -1.70. The van der Waals surface area contributed by atoms with Gasteiger partial charge < -0.3 is 8.83 Å². The third kappa shape index (κ3) is 6.03.